The second-order valence-electron chi connectivity index (χ2n) is 7.02. The number of benzene rings is 2. The number of carbonyl (C=O) groups excluding carboxylic acids is 2. The van der Waals surface area contributed by atoms with Crippen molar-refractivity contribution in [3.05, 3.63) is 65.7 Å². The normalized spacial score (nSPS) is 15.7. The molecular formula is C22H27N3O3. The summed E-state index contributed by atoms with van der Waals surface area (Å²) in [5.74, 6) is 0.761. The number of nitrogens with one attached hydrogen (secondary N) is 1. The van der Waals surface area contributed by atoms with Crippen LogP contribution in [0.1, 0.15) is 30.5 Å². The zero-order valence-electron chi connectivity index (χ0n) is 16.4. The van der Waals surface area contributed by atoms with E-state index >= 15 is 0 Å². The van der Waals surface area contributed by atoms with Crippen LogP contribution in [0.4, 0.5) is 4.79 Å². The average molecular weight is 381 g/mol. The van der Waals surface area contributed by atoms with Crippen LogP contribution in [0, 0.1) is 0 Å². The van der Waals surface area contributed by atoms with Crippen molar-refractivity contribution in [3.8, 4) is 5.75 Å². The highest BCUT2D eigenvalue weighted by molar-refractivity contribution is 5.84. The summed E-state index contributed by atoms with van der Waals surface area (Å²) in [6.45, 7) is 3.80. The fourth-order valence-corrected chi connectivity index (χ4v) is 3.31. The molecule has 1 heterocycles. The second kappa shape index (κ2) is 9.26. The Labute approximate surface area is 166 Å². The van der Waals surface area contributed by atoms with Gasteiger partial charge in [-0.25, -0.2) is 4.79 Å². The first-order valence-corrected chi connectivity index (χ1v) is 9.58. The van der Waals surface area contributed by atoms with Gasteiger partial charge in [-0.05, 0) is 36.6 Å². The Balaban J connectivity index is 1.57. The smallest absolute Gasteiger partial charge is 0.318 e. The van der Waals surface area contributed by atoms with Gasteiger partial charge in [0.15, 0.2) is 0 Å². The van der Waals surface area contributed by atoms with Crippen LogP contribution < -0.4 is 10.1 Å². The van der Waals surface area contributed by atoms with Crippen molar-refractivity contribution in [1.82, 2.24) is 15.1 Å². The first-order chi connectivity index (χ1) is 13.6. The molecule has 0 radical (unpaired) electrons. The van der Waals surface area contributed by atoms with Crippen LogP contribution in [0.3, 0.4) is 0 Å². The van der Waals surface area contributed by atoms with Crippen molar-refractivity contribution in [2.24, 2.45) is 0 Å². The third kappa shape index (κ3) is 5.03. The number of carbonyl (C=O) groups is 2. The molecule has 2 aromatic rings. The third-order valence-corrected chi connectivity index (χ3v) is 4.99. The topological polar surface area (TPSA) is 61.9 Å². The lowest BCUT2D eigenvalue weighted by molar-refractivity contribution is -0.131. The molecule has 3 rings (SSSR count). The lowest BCUT2D eigenvalue weighted by atomic mass is 10.1. The first-order valence-electron chi connectivity index (χ1n) is 9.58. The molecule has 148 valence electrons. The first kappa shape index (κ1) is 19.7. The second-order valence-corrected chi connectivity index (χ2v) is 7.02. The predicted octanol–water partition coefficient (Wildman–Crippen LogP) is 3.20. The SMILES string of the molecule is COc1ccc(CN2CCCN(C(=O)N[C@H](C)c3ccccc3)CC2=O)cc1. The maximum Gasteiger partial charge on any atom is 0.318 e. The highest BCUT2D eigenvalue weighted by Gasteiger charge is 2.25. The number of nitrogens with zero attached hydrogens (tertiary/aromatic N) is 2. The molecule has 3 amide bonds. The van der Waals surface area contributed by atoms with E-state index in [9.17, 15) is 9.59 Å². The van der Waals surface area contributed by atoms with Gasteiger partial charge in [0.1, 0.15) is 12.3 Å². The van der Waals surface area contributed by atoms with E-state index in [-0.39, 0.29) is 24.5 Å². The van der Waals surface area contributed by atoms with Crippen molar-refractivity contribution in [2.45, 2.75) is 25.9 Å². The van der Waals surface area contributed by atoms with Gasteiger partial charge in [0.2, 0.25) is 5.91 Å². The number of urea groups is 1. The van der Waals surface area contributed by atoms with Crippen LogP contribution in [-0.4, -0.2) is 48.5 Å². The lowest BCUT2D eigenvalue weighted by Crippen LogP contribution is -2.44. The summed E-state index contributed by atoms with van der Waals surface area (Å²) < 4.78 is 5.17. The van der Waals surface area contributed by atoms with Gasteiger partial charge < -0.3 is 19.9 Å². The van der Waals surface area contributed by atoms with Crippen LogP contribution in [0.25, 0.3) is 0 Å². The van der Waals surface area contributed by atoms with Gasteiger partial charge in [-0.3, -0.25) is 4.79 Å². The molecule has 2 aromatic carbocycles. The van der Waals surface area contributed by atoms with Crippen molar-refractivity contribution in [3.63, 3.8) is 0 Å². The molecule has 0 spiro atoms. The minimum Gasteiger partial charge on any atom is -0.497 e. The van der Waals surface area contributed by atoms with Crippen LogP contribution in [0.15, 0.2) is 54.6 Å². The number of rotatable bonds is 5. The largest absolute Gasteiger partial charge is 0.497 e. The Bertz CT molecular complexity index is 792. The highest BCUT2D eigenvalue weighted by Crippen LogP contribution is 2.16. The summed E-state index contributed by atoms with van der Waals surface area (Å²) in [7, 11) is 1.63. The van der Waals surface area contributed by atoms with Gasteiger partial charge in [-0.15, -0.1) is 0 Å². The summed E-state index contributed by atoms with van der Waals surface area (Å²) >= 11 is 0. The van der Waals surface area contributed by atoms with E-state index in [0.717, 1.165) is 23.3 Å². The van der Waals surface area contributed by atoms with E-state index in [2.05, 4.69) is 5.32 Å². The maximum atomic E-state index is 12.7. The number of hydrogen-bond acceptors (Lipinski definition) is 3. The van der Waals surface area contributed by atoms with E-state index in [0.29, 0.717) is 19.6 Å². The number of hydrogen-bond donors (Lipinski definition) is 1. The molecule has 6 nitrogen and oxygen atoms in total. The fraction of sp³-hybridized carbons (Fsp3) is 0.364. The van der Waals surface area contributed by atoms with E-state index in [1.165, 1.54) is 0 Å². The predicted molar refractivity (Wildman–Crippen MR) is 108 cm³/mol. The van der Waals surface area contributed by atoms with Gasteiger partial charge in [-0.1, -0.05) is 42.5 Å². The Morgan fingerprint density at radius 1 is 1.11 bits per heavy atom. The monoisotopic (exact) mass is 381 g/mol. The standard InChI is InChI=1S/C22H27N3O3/c1-17(19-7-4-3-5-8-19)23-22(27)25-14-6-13-24(21(26)16-25)15-18-9-11-20(28-2)12-10-18/h3-5,7-12,17H,6,13-16H2,1-2H3,(H,23,27)/t17-/m1/s1. The Hall–Kier alpha value is -3.02. The molecule has 1 aliphatic heterocycles. The number of methoxy groups -OCH3 is 1. The summed E-state index contributed by atoms with van der Waals surface area (Å²) in [4.78, 5) is 28.8. The number of amides is 3. The molecule has 0 saturated carbocycles. The van der Waals surface area contributed by atoms with Crippen molar-refractivity contribution >= 4 is 11.9 Å². The average Bonchev–Trinajstić information content (AvgIpc) is 2.91. The molecule has 0 unspecified atom stereocenters. The molecule has 1 atom stereocenters. The van der Waals surface area contributed by atoms with Gasteiger partial charge in [0.25, 0.3) is 0 Å². The van der Waals surface area contributed by atoms with Crippen LogP contribution >= 0.6 is 0 Å². The minimum atomic E-state index is -0.198. The van der Waals surface area contributed by atoms with Crippen LogP contribution in [-0.2, 0) is 11.3 Å². The zero-order chi connectivity index (χ0) is 19.9. The minimum absolute atomic E-state index is 0.0316. The van der Waals surface area contributed by atoms with E-state index < -0.39 is 0 Å². The Kier molecular flexibility index (Phi) is 6.53. The van der Waals surface area contributed by atoms with Gasteiger partial charge >= 0.3 is 6.03 Å². The van der Waals surface area contributed by atoms with Crippen molar-refractivity contribution < 1.29 is 14.3 Å². The molecule has 1 fully saturated rings. The van der Waals surface area contributed by atoms with E-state index in [1.807, 2.05) is 66.4 Å². The number of ether oxygens (including phenoxy) is 1. The molecule has 0 bridgehead atoms. The molecule has 1 saturated heterocycles. The summed E-state index contributed by atoms with van der Waals surface area (Å²) in [6.07, 6.45) is 0.759. The van der Waals surface area contributed by atoms with Crippen molar-refractivity contribution in [1.29, 1.82) is 0 Å². The molecule has 0 aromatic heterocycles. The van der Waals surface area contributed by atoms with Gasteiger partial charge in [0.05, 0.1) is 13.2 Å². The van der Waals surface area contributed by atoms with E-state index in [4.69, 9.17) is 4.74 Å². The summed E-state index contributed by atoms with van der Waals surface area (Å²) in [5, 5.41) is 2.99. The van der Waals surface area contributed by atoms with Gasteiger partial charge in [-0.2, -0.15) is 0 Å². The molecule has 6 heteroatoms. The Morgan fingerprint density at radius 3 is 2.50 bits per heavy atom. The molecular weight excluding hydrogens is 354 g/mol. The Morgan fingerprint density at radius 2 is 1.82 bits per heavy atom. The van der Waals surface area contributed by atoms with Gasteiger partial charge in [0, 0.05) is 19.6 Å². The lowest BCUT2D eigenvalue weighted by Gasteiger charge is -2.24. The summed E-state index contributed by atoms with van der Waals surface area (Å²) in [5.41, 5.74) is 2.09. The van der Waals surface area contributed by atoms with Crippen LogP contribution in [0.2, 0.25) is 0 Å². The van der Waals surface area contributed by atoms with E-state index in [1.54, 1.807) is 12.0 Å². The fourth-order valence-electron chi connectivity index (χ4n) is 3.31. The molecule has 1 aliphatic rings. The zero-order valence-corrected chi connectivity index (χ0v) is 16.4. The van der Waals surface area contributed by atoms with Crippen molar-refractivity contribution in [2.75, 3.05) is 26.7 Å². The molecule has 1 N–H and O–H groups in total. The quantitative estimate of drug-likeness (QED) is 0.865. The molecule has 28 heavy (non-hydrogen) atoms. The maximum absolute atomic E-state index is 12.7. The molecule has 0 aliphatic carbocycles. The highest BCUT2D eigenvalue weighted by atomic mass is 16.5. The third-order valence-electron chi connectivity index (χ3n) is 4.99. The summed E-state index contributed by atoms with van der Waals surface area (Å²) in [6, 6.07) is 17.2. The van der Waals surface area contributed by atoms with Crippen LogP contribution in [0.5, 0.6) is 5.75 Å².